The van der Waals surface area contributed by atoms with Crippen molar-refractivity contribution < 1.29 is 9.21 Å². The number of carbonyl (C=O) groups is 1. The molecule has 1 fully saturated rings. The summed E-state index contributed by atoms with van der Waals surface area (Å²) in [6.45, 7) is 2.55. The van der Waals surface area contributed by atoms with E-state index in [0.717, 1.165) is 23.3 Å². The van der Waals surface area contributed by atoms with Gasteiger partial charge in [-0.1, -0.05) is 0 Å². The summed E-state index contributed by atoms with van der Waals surface area (Å²) in [5, 5.41) is 6.19. The summed E-state index contributed by atoms with van der Waals surface area (Å²) in [5.74, 6) is 0.653. The van der Waals surface area contributed by atoms with Crippen molar-refractivity contribution in [2.75, 3.05) is 11.9 Å². The summed E-state index contributed by atoms with van der Waals surface area (Å²) in [6.07, 6.45) is 2.97. The SMILES string of the molecule is Cc1nc2cc(NC(=O)CCNC3CC3)ccc2o1. The highest BCUT2D eigenvalue weighted by Crippen LogP contribution is 2.20. The first-order valence-electron chi connectivity index (χ1n) is 6.61. The van der Waals surface area contributed by atoms with E-state index in [1.807, 2.05) is 25.1 Å². The van der Waals surface area contributed by atoms with Crippen LogP contribution in [0.5, 0.6) is 0 Å². The molecule has 0 unspecified atom stereocenters. The van der Waals surface area contributed by atoms with Crippen molar-refractivity contribution in [3.63, 3.8) is 0 Å². The van der Waals surface area contributed by atoms with Gasteiger partial charge in [0.1, 0.15) is 5.52 Å². The summed E-state index contributed by atoms with van der Waals surface area (Å²) in [4.78, 5) is 16.0. The predicted octanol–water partition coefficient (Wildman–Crippen LogP) is 2.22. The minimum atomic E-state index is 0.0210. The molecule has 1 heterocycles. The van der Waals surface area contributed by atoms with Crippen LogP contribution in [0.1, 0.15) is 25.2 Å². The van der Waals surface area contributed by atoms with Gasteiger partial charge in [0.15, 0.2) is 11.5 Å². The molecule has 100 valence electrons. The second kappa shape index (κ2) is 5.01. The van der Waals surface area contributed by atoms with E-state index in [0.29, 0.717) is 18.4 Å². The summed E-state index contributed by atoms with van der Waals surface area (Å²) in [5.41, 5.74) is 2.27. The molecule has 0 aliphatic heterocycles. The topological polar surface area (TPSA) is 67.2 Å². The van der Waals surface area contributed by atoms with Crippen LogP contribution in [0.3, 0.4) is 0 Å². The number of nitrogens with one attached hydrogen (secondary N) is 2. The normalized spacial score (nSPS) is 14.8. The summed E-state index contributed by atoms with van der Waals surface area (Å²) in [6, 6.07) is 6.13. The Labute approximate surface area is 111 Å². The number of anilines is 1. The predicted molar refractivity (Wildman–Crippen MR) is 73.0 cm³/mol. The van der Waals surface area contributed by atoms with E-state index in [1.54, 1.807) is 0 Å². The minimum Gasteiger partial charge on any atom is -0.441 e. The number of oxazole rings is 1. The third-order valence-corrected chi connectivity index (χ3v) is 3.14. The van der Waals surface area contributed by atoms with E-state index < -0.39 is 0 Å². The molecule has 1 aromatic heterocycles. The lowest BCUT2D eigenvalue weighted by Gasteiger charge is -2.05. The molecule has 3 rings (SSSR count). The lowest BCUT2D eigenvalue weighted by atomic mass is 10.2. The molecule has 0 bridgehead atoms. The molecule has 2 N–H and O–H groups in total. The fourth-order valence-corrected chi connectivity index (χ4v) is 2.02. The highest BCUT2D eigenvalue weighted by molar-refractivity contribution is 5.92. The van der Waals surface area contributed by atoms with Crippen molar-refractivity contribution >= 4 is 22.7 Å². The van der Waals surface area contributed by atoms with Crippen LogP contribution >= 0.6 is 0 Å². The Kier molecular flexibility index (Phi) is 3.21. The Morgan fingerprint density at radius 2 is 2.32 bits per heavy atom. The number of nitrogens with zero attached hydrogens (tertiary/aromatic N) is 1. The monoisotopic (exact) mass is 259 g/mol. The quantitative estimate of drug-likeness (QED) is 0.864. The number of hydrogen-bond donors (Lipinski definition) is 2. The molecule has 0 spiro atoms. The Morgan fingerprint density at radius 3 is 3.11 bits per heavy atom. The molecule has 0 atom stereocenters. The Hall–Kier alpha value is -1.88. The van der Waals surface area contributed by atoms with Gasteiger partial charge in [-0.25, -0.2) is 4.98 Å². The van der Waals surface area contributed by atoms with Gasteiger partial charge < -0.3 is 15.1 Å². The molecular formula is C14H17N3O2. The van der Waals surface area contributed by atoms with Crippen molar-refractivity contribution in [2.24, 2.45) is 0 Å². The molecule has 0 radical (unpaired) electrons. The molecule has 2 aromatic rings. The van der Waals surface area contributed by atoms with Crippen LogP contribution in [-0.2, 0) is 4.79 Å². The Bertz CT molecular complexity index is 602. The zero-order chi connectivity index (χ0) is 13.2. The number of carbonyl (C=O) groups excluding carboxylic acids is 1. The highest BCUT2D eigenvalue weighted by atomic mass is 16.3. The van der Waals surface area contributed by atoms with Gasteiger partial charge in [-0.2, -0.15) is 0 Å². The number of aryl methyl sites for hydroxylation is 1. The first-order chi connectivity index (χ1) is 9.20. The van der Waals surface area contributed by atoms with Gasteiger partial charge in [-0.05, 0) is 31.0 Å². The lowest BCUT2D eigenvalue weighted by Crippen LogP contribution is -2.23. The molecular weight excluding hydrogens is 242 g/mol. The first kappa shape index (κ1) is 12.2. The van der Waals surface area contributed by atoms with Crippen LogP contribution in [0.15, 0.2) is 22.6 Å². The van der Waals surface area contributed by atoms with Gasteiger partial charge in [0.25, 0.3) is 0 Å². The Balaban J connectivity index is 1.58. The second-order valence-corrected chi connectivity index (χ2v) is 4.94. The van der Waals surface area contributed by atoms with Gasteiger partial charge >= 0.3 is 0 Å². The van der Waals surface area contributed by atoms with Crippen LogP contribution < -0.4 is 10.6 Å². The van der Waals surface area contributed by atoms with Gasteiger partial charge in [-0.15, -0.1) is 0 Å². The lowest BCUT2D eigenvalue weighted by molar-refractivity contribution is -0.116. The van der Waals surface area contributed by atoms with Crippen LogP contribution in [-0.4, -0.2) is 23.5 Å². The van der Waals surface area contributed by atoms with Gasteiger partial charge in [0.05, 0.1) is 0 Å². The Morgan fingerprint density at radius 1 is 1.47 bits per heavy atom. The maximum Gasteiger partial charge on any atom is 0.225 e. The van der Waals surface area contributed by atoms with E-state index >= 15 is 0 Å². The molecule has 1 aliphatic rings. The molecule has 1 aromatic carbocycles. The van der Waals surface area contributed by atoms with Crippen LogP contribution in [0.2, 0.25) is 0 Å². The van der Waals surface area contributed by atoms with Gasteiger partial charge in [-0.3, -0.25) is 4.79 Å². The summed E-state index contributed by atoms with van der Waals surface area (Å²) < 4.78 is 5.39. The number of rotatable bonds is 5. The van der Waals surface area contributed by atoms with Crippen LogP contribution in [0.25, 0.3) is 11.1 Å². The van der Waals surface area contributed by atoms with Crippen molar-refractivity contribution in [1.82, 2.24) is 10.3 Å². The number of aromatic nitrogens is 1. The molecule has 1 aliphatic carbocycles. The van der Waals surface area contributed by atoms with E-state index in [2.05, 4.69) is 15.6 Å². The molecule has 1 amide bonds. The van der Waals surface area contributed by atoms with E-state index in [4.69, 9.17) is 4.42 Å². The van der Waals surface area contributed by atoms with Crippen LogP contribution in [0.4, 0.5) is 5.69 Å². The fourth-order valence-electron chi connectivity index (χ4n) is 2.02. The zero-order valence-electron chi connectivity index (χ0n) is 10.9. The molecule has 5 heteroatoms. The van der Waals surface area contributed by atoms with Crippen molar-refractivity contribution in [2.45, 2.75) is 32.2 Å². The van der Waals surface area contributed by atoms with Gasteiger partial charge in [0, 0.05) is 31.6 Å². The molecule has 1 saturated carbocycles. The largest absolute Gasteiger partial charge is 0.441 e. The first-order valence-corrected chi connectivity index (χ1v) is 6.61. The van der Waals surface area contributed by atoms with Crippen molar-refractivity contribution in [3.8, 4) is 0 Å². The summed E-state index contributed by atoms with van der Waals surface area (Å²) >= 11 is 0. The van der Waals surface area contributed by atoms with Crippen molar-refractivity contribution in [1.29, 1.82) is 0 Å². The zero-order valence-corrected chi connectivity index (χ0v) is 10.9. The fraction of sp³-hybridized carbons (Fsp3) is 0.429. The number of benzene rings is 1. The van der Waals surface area contributed by atoms with E-state index in [9.17, 15) is 4.79 Å². The maximum absolute atomic E-state index is 11.8. The van der Waals surface area contributed by atoms with Gasteiger partial charge in [0.2, 0.25) is 5.91 Å². The average molecular weight is 259 g/mol. The smallest absolute Gasteiger partial charge is 0.225 e. The number of fused-ring (bicyclic) bond motifs is 1. The van der Waals surface area contributed by atoms with Crippen LogP contribution in [0, 0.1) is 6.92 Å². The number of hydrogen-bond acceptors (Lipinski definition) is 4. The molecule has 5 nitrogen and oxygen atoms in total. The third-order valence-electron chi connectivity index (χ3n) is 3.14. The standard InChI is InChI=1S/C14H17N3O2/c1-9-16-12-8-11(4-5-13(12)19-9)17-14(18)6-7-15-10-2-3-10/h4-5,8,10,15H,2-3,6-7H2,1H3,(H,17,18). The summed E-state index contributed by atoms with van der Waals surface area (Å²) in [7, 11) is 0. The molecule has 19 heavy (non-hydrogen) atoms. The number of amides is 1. The highest BCUT2D eigenvalue weighted by Gasteiger charge is 2.20. The maximum atomic E-state index is 11.8. The van der Waals surface area contributed by atoms with Crippen molar-refractivity contribution in [3.05, 3.63) is 24.1 Å². The molecule has 0 saturated heterocycles. The third kappa shape index (κ3) is 3.12. The van der Waals surface area contributed by atoms with E-state index in [-0.39, 0.29) is 5.91 Å². The second-order valence-electron chi connectivity index (χ2n) is 4.94. The van der Waals surface area contributed by atoms with E-state index in [1.165, 1.54) is 12.8 Å². The minimum absolute atomic E-state index is 0.0210. The average Bonchev–Trinajstić information content (AvgIpc) is 3.09.